The first kappa shape index (κ1) is 22.0. The van der Waals surface area contributed by atoms with Gasteiger partial charge in [0, 0.05) is 48.0 Å². The summed E-state index contributed by atoms with van der Waals surface area (Å²) in [6.07, 6.45) is 12.9. The first-order valence-electron chi connectivity index (χ1n) is 11.2. The van der Waals surface area contributed by atoms with Crippen molar-refractivity contribution in [1.82, 2.24) is 19.3 Å². The monoisotopic (exact) mass is 434 g/mol. The molecule has 0 aliphatic heterocycles. The number of fused-ring (bicyclic) bond motifs is 1. The number of ether oxygens (including phenoxy) is 1. The average Bonchev–Trinajstić information content (AvgIpc) is 3.38. The minimum atomic E-state index is -0.661. The molecule has 3 aromatic heterocycles. The van der Waals surface area contributed by atoms with Crippen molar-refractivity contribution >= 4 is 17.0 Å². The highest BCUT2D eigenvalue weighted by Crippen LogP contribution is 2.41. The van der Waals surface area contributed by atoms with E-state index in [1.165, 1.54) is 0 Å². The van der Waals surface area contributed by atoms with Crippen LogP contribution in [0.25, 0.3) is 11.0 Å². The van der Waals surface area contributed by atoms with Crippen LogP contribution in [-0.2, 0) is 24.2 Å². The first-order valence-corrected chi connectivity index (χ1v) is 11.2. The minimum Gasteiger partial charge on any atom is -0.461 e. The van der Waals surface area contributed by atoms with Crippen LogP contribution >= 0.6 is 0 Å². The number of nitrogens with zero attached hydrogens (tertiary/aromatic N) is 4. The zero-order valence-electron chi connectivity index (χ0n) is 18.8. The van der Waals surface area contributed by atoms with Crippen LogP contribution in [0.5, 0.6) is 0 Å². The number of hydrogen-bond donors (Lipinski definition) is 0. The summed E-state index contributed by atoms with van der Waals surface area (Å²) in [6.45, 7) is 8.90. The van der Waals surface area contributed by atoms with E-state index in [0.29, 0.717) is 12.1 Å². The molecule has 0 unspecified atom stereocenters. The van der Waals surface area contributed by atoms with Gasteiger partial charge in [0.2, 0.25) is 11.1 Å². The lowest BCUT2D eigenvalue weighted by Crippen LogP contribution is -2.33. The molecule has 7 heteroatoms. The largest absolute Gasteiger partial charge is 0.461 e. The van der Waals surface area contributed by atoms with Gasteiger partial charge in [-0.3, -0.25) is 9.48 Å². The molecule has 0 saturated heterocycles. The molecule has 0 aromatic carbocycles. The standard InChI is InChI=1S/C25H30N4O3/c1-4-8-19-13-20-9-12-28(23(20)26-14-19)16-25(10-6-7-11-25)17-29-15-18(3)22(30)21(27-29)24(31)32-5-2/h4,9,12-15H,1,5-8,10-11,16-17H2,2-3H3. The molecule has 1 aliphatic carbocycles. The van der Waals surface area contributed by atoms with Gasteiger partial charge in [0.1, 0.15) is 5.65 Å². The van der Waals surface area contributed by atoms with Gasteiger partial charge in [-0.05, 0) is 50.8 Å². The van der Waals surface area contributed by atoms with Crippen LogP contribution in [-0.4, -0.2) is 31.9 Å². The highest BCUT2D eigenvalue weighted by Gasteiger charge is 2.35. The Kier molecular flexibility index (Phi) is 6.26. The maximum atomic E-state index is 12.4. The fourth-order valence-corrected chi connectivity index (χ4v) is 4.81. The topological polar surface area (TPSA) is 79.0 Å². The number of aromatic nitrogens is 4. The molecule has 0 N–H and O–H groups in total. The molecular formula is C25H30N4O3. The van der Waals surface area contributed by atoms with Gasteiger partial charge >= 0.3 is 5.97 Å². The van der Waals surface area contributed by atoms with E-state index < -0.39 is 5.97 Å². The molecule has 0 bridgehead atoms. The van der Waals surface area contributed by atoms with E-state index in [1.54, 1.807) is 24.7 Å². The van der Waals surface area contributed by atoms with Crippen LogP contribution < -0.4 is 5.43 Å². The number of allylic oxidation sites excluding steroid dienone is 1. The second-order valence-corrected chi connectivity index (χ2v) is 8.81. The Labute approximate surface area is 187 Å². The lowest BCUT2D eigenvalue weighted by Gasteiger charge is -2.30. The van der Waals surface area contributed by atoms with Gasteiger partial charge in [-0.25, -0.2) is 9.78 Å². The van der Waals surface area contributed by atoms with Crippen molar-refractivity contribution in [3.05, 3.63) is 70.4 Å². The fourth-order valence-electron chi connectivity index (χ4n) is 4.81. The van der Waals surface area contributed by atoms with Gasteiger partial charge in [-0.2, -0.15) is 5.10 Å². The summed E-state index contributed by atoms with van der Waals surface area (Å²) < 4.78 is 9.02. The van der Waals surface area contributed by atoms with Crippen molar-refractivity contribution in [3.8, 4) is 0 Å². The predicted octanol–water partition coefficient (Wildman–Crippen LogP) is 4.07. The Hall–Kier alpha value is -3.22. The molecule has 1 saturated carbocycles. The summed E-state index contributed by atoms with van der Waals surface area (Å²) in [5.74, 6) is -0.661. The summed E-state index contributed by atoms with van der Waals surface area (Å²) in [5.41, 5.74) is 2.10. The Balaban J connectivity index is 1.64. The average molecular weight is 435 g/mol. The number of hydrogen-bond acceptors (Lipinski definition) is 5. The summed E-state index contributed by atoms with van der Waals surface area (Å²) in [5, 5.41) is 5.50. The van der Waals surface area contributed by atoms with E-state index >= 15 is 0 Å². The second kappa shape index (κ2) is 9.10. The minimum absolute atomic E-state index is 0.0200. The molecule has 32 heavy (non-hydrogen) atoms. The summed E-state index contributed by atoms with van der Waals surface area (Å²) in [7, 11) is 0. The molecule has 0 atom stereocenters. The van der Waals surface area contributed by atoms with E-state index in [4.69, 9.17) is 9.72 Å². The summed E-state index contributed by atoms with van der Waals surface area (Å²) in [4.78, 5) is 29.4. The van der Waals surface area contributed by atoms with Crippen molar-refractivity contribution in [2.75, 3.05) is 6.61 Å². The third kappa shape index (κ3) is 4.38. The van der Waals surface area contributed by atoms with Crippen LogP contribution in [0.4, 0.5) is 0 Å². The fraction of sp³-hybridized carbons (Fsp3) is 0.440. The maximum absolute atomic E-state index is 12.4. The molecule has 3 heterocycles. The van der Waals surface area contributed by atoms with Gasteiger partial charge < -0.3 is 9.30 Å². The molecular weight excluding hydrogens is 404 g/mol. The lowest BCUT2D eigenvalue weighted by atomic mass is 9.86. The second-order valence-electron chi connectivity index (χ2n) is 8.81. The van der Waals surface area contributed by atoms with Crippen molar-refractivity contribution in [3.63, 3.8) is 0 Å². The number of rotatable bonds is 8. The molecule has 168 valence electrons. The molecule has 3 aromatic rings. The van der Waals surface area contributed by atoms with E-state index in [-0.39, 0.29) is 23.1 Å². The molecule has 0 spiro atoms. The summed E-state index contributed by atoms with van der Waals surface area (Å²) in [6, 6.07) is 4.28. The zero-order chi connectivity index (χ0) is 22.7. The van der Waals surface area contributed by atoms with Crippen LogP contribution in [0, 0.1) is 12.3 Å². The molecule has 4 rings (SSSR count). The SMILES string of the molecule is C=CCc1cnc2c(ccn2CC2(Cn3cc(C)c(=O)c(C(=O)OCC)n3)CCCC2)c1. The quantitative estimate of drug-likeness (QED) is 0.394. The Morgan fingerprint density at radius 3 is 2.81 bits per heavy atom. The van der Waals surface area contributed by atoms with Crippen LogP contribution in [0.2, 0.25) is 0 Å². The van der Waals surface area contributed by atoms with Crippen LogP contribution in [0.3, 0.4) is 0 Å². The molecule has 1 fully saturated rings. The van der Waals surface area contributed by atoms with Crippen molar-refractivity contribution < 1.29 is 9.53 Å². The van der Waals surface area contributed by atoms with Gasteiger partial charge in [0.25, 0.3) is 0 Å². The lowest BCUT2D eigenvalue weighted by molar-refractivity contribution is 0.0512. The Morgan fingerprint density at radius 1 is 1.31 bits per heavy atom. The van der Waals surface area contributed by atoms with Crippen molar-refractivity contribution in [2.45, 2.75) is 59.0 Å². The number of esters is 1. The van der Waals surface area contributed by atoms with Gasteiger partial charge in [-0.15, -0.1) is 6.58 Å². The normalized spacial score (nSPS) is 15.2. The highest BCUT2D eigenvalue weighted by molar-refractivity contribution is 5.87. The predicted molar refractivity (Wildman–Crippen MR) is 124 cm³/mol. The molecule has 0 amide bonds. The number of pyridine rings is 1. The zero-order valence-corrected chi connectivity index (χ0v) is 18.8. The molecule has 1 aliphatic rings. The third-order valence-electron chi connectivity index (χ3n) is 6.32. The van der Waals surface area contributed by atoms with E-state index in [1.807, 2.05) is 12.3 Å². The van der Waals surface area contributed by atoms with Gasteiger partial charge in [0.05, 0.1) is 6.61 Å². The third-order valence-corrected chi connectivity index (χ3v) is 6.32. The van der Waals surface area contributed by atoms with E-state index in [9.17, 15) is 9.59 Å². The Morgan fingerprint density at radius 2 is 2.09 bits per heavy atom. The van der Waals surface area contributed by atoms with Crippen LogP contribution in [0.15, 0.2) is 48.2 Å². The smallest absolute Gasteiger partial charge is 0.362 e. The van der Waals surface area contributed by atoms with Gasteiger partial charge in [-0.1, -0.05) is 18.9 Å². The van der Waals surface area contributed by atoms with E-state index in [0.717, 1.165) is 55.2 Å². The van der Waals surface area contributed by atoms with Crippen LogP contribution in [0.1, 0.15) is 54.2 Å². The summed E-state index contributed by atoms with van der Waals surface area (Å²) >= 11 is 0. The number of aryl methyl sites for hydroxylation is 1. The van der Waals surface area contributed by atoms with E-state index in [2.05, 4.69) is 34.6 Å². The maximum Gasteiger partial charge on any atom is 0.362 e. The van der Waals surface area contributed by atoms with Crippen molar-refractivity contribution in [2.24, 2.45) is 5.41 Å². The Bertz CT molecular complexity index is 1200. The van der Waals surface area contributed by atoms with Gasteiger partial charge in [0.15, 0.2) is 0 Å². The number of carbonyl (C=O) groups is 1. The number of carbonyl (C=O) groups excluding carboxylic acids is 1. The molecule has 0 radical (unpaired) electrons. The first-order chi connectivity index (χ1) is 15.4. The molecule has 7 nitrogen and oxygen atoms in total. The highest BCUT2D eigenvalue weighted by atomic mass is 16.5. The van der Waals surface area contributed by atoms with Crippen molar-refractivity contribution in [1.29, 1.82) is 0 Å².